The molecule has 1 N–H and O–H groups in total. The van der Waals surface area contributed by atoms with E-state index in [0.717, 1.165) is 29.7 Å². The largest absolute Gasteiger partial charge is 0.488 e. The van der Waals surface area contributed by atoms with Crippen LogP contribution >= 0.6 is 0 Å². The number of hydrogen-bond donors (Lipinski definition) is 1. The van der Waals surface area contributed by atoms with Crippen molar-refractivity contribution in [2.45, 2.75) is 44.4 Å². The van der Waals surface area contributed by atoms with Gasteiger partial charge in [0.2, 0.25) is 0 Å². The maximum absolute atomic E-state index is 11.5. The van der Waals surface area contributed by atoms with Crippen LogP contribution in [0.1, 0.15) is 41.6 Å². The Hall–Kier alpha value is -1.55. The van der Waals surface area contributed by atoms with Crippen LogP contribution in [0.4, 0.5) is 0 Å². The summed E-state index contributed by atoms with van der Waals surface area (Å²) < 4.78 is 11.5. The van der Waals surface area contributed by atoms with Gasteiger partial charge in [0, 0.05) is 19.2 Å². The van der Waals surface area contributed by atoms with Crippen molar-refractivity contribution in [3.63, 3.8) is 0 Å². The molecule has 1 amide bonds. The van der Waals surface area contributed by atoms with Crippen molar-refractivity contribution in [3.05, 3.63) is 29.3 Å². The molecule has 1 aliphatic heterocycles. The molecule has 2 atom stereocenters. The lowest BCUT2D eigenvalue weighted by Crippen LogP contribution is -2.36. The van der Waals surface area contributed by atoms with Gasteiger partial charge in [-0.2, -0.15) is 0 Å². The van der Waals surface area contributed by atoms with Gasteiger partial charge in [-0.05, 0) is 43.0 Å². The molecule has 4 nitrogen and oxygen atoms in total. The number of carbonyl (C=O) groups excluding carboxylic acids is 1. The van der Waals surface area contributed by atoms with Crippen molar-refractivity contribution in [3.8, 4) is 5.75 Å². The molecule has 3 rings (SSSR count). The van der Waals surface area contributed by atoms with E-state index in [1.165, 1.54) is 12.8 Å². The first kappa shape index (κ1) is 12.5. The van der Waals surface area contributed by atoms with E-state index in [1.54, 1.807) is 7.11 Å². The second-order valence-electron chi connectivity index (χ2n) is 5.22. The van der Waals surface area contributed by atoms with Gasteiger partial charge in [-0.3, -0.25) is 4.79 Å². The summed E-state index contributed by atoms with van der Waals surface area (Å²) in [6.45, 7) is 0.601. The van der Waals surface area contributed by atoms with Crippen LogP contribution < -0.4 is 10.1 Å². The van der Waals surface area contributed by atoms with E-state index in [0.29, 0.717) is 6.54 Å². The number of fused-ring (bicyclic) bond motifs is 1. The molecule has 2 aliphatic rings. The summed E-state index contributed by atoms with van der Waals surface area (Å²) >= 11 is 0. The normalized spacial score (nSPS) is 25.8. The van der Waals surface area contributed by atoms with E-state index in [2.05, 4.69) is 5.32 Å². The highest BCUT2D eigenvalue weighted by atomic mass is 16.5. The number of methoxy groups -OCH3 is 1. The Kier molecular flexibility index (Phi) is 3.42. The third-order valence-electron chi connectivity index (χ3n) is 3.99. The number of benzene rings is 1. The van der Waals surface area contributed by atoms with E-state index in [-0.39, 0.29) is 18.1 Å². The van der Waals surface area contributed by atoms with Crippen LogP contribution in [0.5, 0.6) is 5.75 Å². The van der Waals surface area contributed by atoms with Gasteiger partial charge in [0.1, 0.15) is 11.9 Å². The Bertz CT molecular complexity index is 486. The highest BCUT2D eigenvalue weighted by molar-refractivity contribution is 5.98. The molecular weight excluding hydrogens is 242 g/mol. The van der Waals surface area contributed by atoms with Crippen LogP contribution in [0.2, 0.25) is 0 Å². The smallest absolute Gasteiger partial charge is 0.251 e. The summed E-state index contributed by atoms with van der Waals surface area (Å²) in [5.74, 6) is 0.846. The minimum absolute atomic E-state index is 0.00832. The van der Waals surface area contributed by atoms with Gasteiger partial charge >= 0.3 is 0 Å². The molecule has 0 radical (unpaired) electrons. The molecule has 0 saturated heterocycles. The second-order valence-corrected chi connectivity index (χ2v) is 5.22. The topological polar surface area (TPSA) is 47.6 Å². The monoisotopic (exact) mass is 261 g/mol. The molecule has 0 bridgehead atoms. The summed E-state index contributed by atoms with van der Waals surface area (Å²) in [6.07, 6.45) is 4.80. The van der Waals surface area contributed by atoms with Gasteiger partial charge in [0.25, 0.3) is 5.91 Å². The molecule has 1 aliphatic carbocycles. The Labute approximate surface area is 113 Å². The molecule has 102 valence electrons. The standard InChI is InChI=1S/C15H19NO3/c1-18-13-4-2-3-5-14(13)19-11-6-7-12-10(8-11)9-16-15(12)17/h6-8,13-14H,2-5,9H2,1H3,(H,16,17). The zero-order chi connectivity index (χ0) is 13.2. The minimum atomic E-state index is 0.00832. The van der Waals surface area contributed by atoms with Gasteiger partial charge in [-0.15, -0.1) is 0 Å². The van der Waals surface area contributed by atoms with Crippen LogP contribution in [0.15, 0.2) is 18.2 Å². The van der Waals surface area contributed by atoms with E-state index < -0.39 is 0 Å². The van der Waals surface area contributed by atoms with Crippen molar-refractivity contribution in [1.29, 1.82) is 0 Å². The van der Waals surface area contributed by atoms with Crippen molar-refractivity contribution in [2.24, 2.45) is 0 Å². The highest BCUT2D eigenvalue weighted by Gasteiger charge is 2.27. The average Bonchev–Trinajstić information content (AvgIpc) is 2.81. The van der Waals surface area contributed by atoms with E-state index in [4.69, 9.17) is 9.47 Å². The fraction of sp³-hybridized carbons (Fsp3) is 0.533. The number of ether oxygens (including phenoxy) is 2. The summed E-state index contributed by atoms with van der Waals surface area (Å²) in [5.41, 5.74) is 1.78. The zero-order valence-corrected chi connectivity index (χ0v) is 11.1. The maximum Gasteiger partial charge on any atom is 0.251 e. The number of rotatable bonds is 3. The molecule has 1 fully saturated rings. The minimum Gasteiger partial charge on any atom is -0.488 e. The molecule has 0 aromatic heterocycles. The Balaban J connectivity index is 1.74. The van der Waals surface area contributed by atoms with Crippen LogP contribution in [-0.2, 0) is 11.3 Å². The Morgan fingerprint density at radius 1 is 1.21 bits per heavy atom. The summed E-state index contributed by atoms with van der Waals surface area (Å²) in [5, 5.41) is 2.82. The average molecular weight is 261 g/mol. The number of hydrogen-bond acceptors (Lipinski definition) is 3. The SMILES string of the molecule is COC1CCCCC1Oc1ccc2c(c1)CNC2=O. The third kappa shape index (κ3) is 2.45. The summed E-state index contributed by atoms with van der Waals surface area (Å²) in [6, 6.07) is 5.69. The number of carbonyl (C=O) groups is 1. The van der Waals surface area contributed by atoms with Crippen LogP contribution in [0, 0.1) is 0 Å². The molecule has 0 spiro atoms. The highest BCUT2D eigenvalue weighted by Crippen LogP contribution is 2.28. The van der Waals surface area contributed by atoms with Crippen molar-refractivity contribution in [2.75, 3.05) is 7.11 Å². The van der Waals surface area contributed by atoms with Gasteiger partial charge in [-0.1, -0.05) is 6.42 Å². The lowest BCUT2D eigenvalue weighted by Gasteiger charge is -2.30. The van der Waals surface area contributed by atoms with Crippen molar-refractivity contribution >= 4 is 5.91 Å². The molecule has 1 aromatic carbocycles. The van der Waals surface area contributed by atoms with Crippen molar-refractivity contribution in [1.82, 2.24) is 5.32 Å². The van der Waals surface area contributed by atoms with Gasteiger partial charge < -0.3 is 14.8 Å². The van der Waals surface area contributed by atoms with E-state index >= 15 is 0 Å². The zero-order valence-electron chi connectivity index (χ0n) is 11.1. The van der Waals surface area contributed by atoms with E-state index in [1.807, 2.05) is 18.2 Å². The quantitative estimate of drug-likeness (QED) is 0.908. The Morgan fingerprint density at radius 2 is 2.00 bits per heavy atom. The number of nitrogens with one attached hydrogen (secondary N) is 1. The predicted octanol–water partition coefficient (Wildman–Crippen LogP) is 2.27. The van der Waals surface area contributed by atoms with E-state index in [9.17, 15) is 4.79 Å². The molecular formula is C15H19NO3. The predicted molar refractivity (Wildman–Crippen MR) is 71.3 cm³/mol. The lowest BCUT2D eigenvalue weighted by atomic mass is 9.94. The second kappa shape index (κ2) is 5.21. The fourth-order valence-electron chi connectivity index (χ4n) is 2.92. The third-order valence-corrected chi connectivity index (χ3v) is 3.99. The van der Waals surface area contributed by atoms with Gasteiger partial charge in [0.15, 0.2) is 0 Å². The molecule has 4 heteroatoms. The first-order chi connectivity index (χ1) is 9.28. The van der Waals surface area contributed by atoms with Crippen molar-refractivity contribution < 1.29 is 14.3 Å². The first-order valence-electron chi connectivity index (χ1n) is 6.88. The molecule has 19 heavy (non-hydrogen) atoms. The van der Waals surface area contributed by atoms with Crippen LogP contribution in [0.25, 0.3) is 0 Å². The van der Waals surface area contributed by atoms with Crippen LogP contribution in [0.3, 0.4) is 0 Å². The summed E-state index contributed by atoms with van der Waals surface area (Å²) in [4.78, 5) is 11.5. The lowest BCUT2D eigenvalue weighted by molar-refractivity contribution is -0.0229. The van der Waals surface area contributed by atoms with Gasteiger partial charge in [0.05, 0.1) is 6.10 Å². The fourth-order valence-corrected chi connectivity index (χ4v) is 2.92. The molecule has 1 saturated carbocycles. The maximum atomic E-state index is 11.5. The Morgan fingerprint density at radius 3 is 2.79 bits per heavy atom. The van der Waals surface area contributed by atoms with Gasteiger partial charge in [-0.25, -0.2) is 0 Å². The summed E-state index contributed by atoms with van der Waals surface area (Å²) in [7, 11) is 1.75. The molecule has 2 unspecified atom stereocenters. The molecule has 1 aromatic rings. The first-order valence-corrected chi connectivity index (χ1v) is 6.88. The number of amides is 1. The van der Waals surface area contributed by atoms with Crippen LogP contribution in [-0.4, -0.2) is 25.2 Å². The molecule has 1 heterocycles.